The highest BCUT2D eigenvalue weighted by Crippen LogP contribution is 2.67. The number of likely N-dealkylation sites (tertiary alicyclic amines) is 1. The lowest BCUT2D eigenvalue weighted by Gasteiger charge is -2.35. The van der Waals surface area contributed by atoms with E-state index in [1.54, 1.807) is 40.9 Å². The molecule has 180 valence electrons. The van der Waals surface area contributed by atoms with Gasteiger partial charge in [0.15, 0.2) is 0 Å². The smallest absolute Gasteiger partial charge is 0.248 e. The predicted octanol–water partition coefficient (Wildman–Crippen LogP) is 3.04. The van der Waals surface area contributed by atoms with Crippen molar-refractivity contribution in [2.75, 3.05) is 25.0 Å². The number of hydrogen-bond donors (Lipinski definition) is 3. The Morgan fingerprint density at radius 3 is 2.76 bits per heavy atom. The average Bonchev–Trinajstić information content (AvgIpc) is 3.37. The first kappa shape index (κ1) is 24.8. The number of carbonyl (C=O) groups is 3. The Morgan fingerprint density at radius 2 is 2.06 bits per heavy atom. The summed E-state index contributed by atoms with van der Waals surface area (Å²) in [6, 6.07) is 6.30. The zero-order chi connectivity index (χ0) is 23.8. The van der Waals surface area contributed by atoms with Crippen molar-refractivity contribution in [3.8, 4) is 0 Å². The van der Waals surface area contributed by atoms with E-state index in [0.717, 1.165) is 6.42 Å². The molecule has 0 saturated carbocycles. The van der Waals surface area contributed by atoms with E-state index in [1.807, 2.05) is 6.92 Å². The summed E-state index contributed by atoms with van der Waals surface area (Å²) in [6.07, 6.45) is 2.57. The number of carbonyl (C=O) groups excluding carboxylic acids is 3. The Bertz CT molecular complexity index is 937. The third-order valence-corrected chi connectivity index (χ3v) is 10.4. The van der Waals surface area contributed by atoms with Gasteiger partial charge in [0, 0.05) is 29.8 Å². The van der Waals surface area contributed by atoms with Crippen molar-refractivity contribution >= 4 is 62.7 Å². The van der Waals surface area contributed by atoms with Crippen LogP contribution in [0, 0.1) is 11.8 Å². The van der Waals surface area contributed by atoms with Crippen molar-refractivity contribution in [1.82, 2.24) is 10.2 Å². The molecule has 4 rings (SSSR count). The monoisotopic (exact) mass is 557 g/mol. The van der Waals surface area contributed by atoms with Crippen molar-refractivity contribution in [2.45, 2.75) is 53.5 Å². The lowest BCUT2D eigenvalue weighted by Crippen LogP contribution is -2.53. The standard InChI is InChI=1S/C23H29BrClN3O4S/c1-2-9-26-20(30)16-17-22(32)28(10-5-6-11-29)19(23(17)12-13(24)18(16)33-23)21(31)27-15-8-4-3-7-14(15)25/h3-4,7-8,13,16-19,29H,2,5-6,9-12H2,1H3,(H,26,30)(H,27,31)/t13?,16-,17-,18-,19?,23?/m0/s1. The van der Waals surface area contributed by atoms with Gasteiger partial charge in [-0.2, -0.15) is 0 Å². The van der Waals surface area contributed by atoms with Crippen molar-refractivity contribution in [3.05, 3.63) is 29.3 Å². The molecule has 3 amide bonds. The summed E-state index contributed by atoms with van der Waals surface area (Å²) in [6.45, 7) is 2.93. The van der Waals surface area contributed by atoms with Crippen molar-refractivity contribution < 1.29 is 19.5 Å². The number of thioether (sulfide) groups is 1. The number of halogens is 2. The second-order valence-corrected chi connectivity index (χ2v) is 12.0. The molecule has 1 aromatic carbocycles. The number of amides is 3. The first-order chi connectivity index (χ1) is 15.9. The van der Waals surface area contributed by atoms with E-state index < -0.39 is 22.6 Å². The average molecular weight is 559 g/mol. The second-order valence-electron chi connectivity index (χ2n) is 8.89. The zero-order valence-corrected chi connectivity index (χ0v) is 21.6. The van der Waals surface area contributed by atoms with Crippen LogP contribution in [0.15, 0.2) is 24.3 Å². The Balaban J connectivity index is 1.69. The molecule has 33 heavy (non-hydrogen) atoms. The summed E-state index contributed by atoms with van der Waals surface area (Å²) in [5, 5.41) is 15.5. The molecule has 6 atom stereocenters. The molecule has 2 bridgehead atoms. The van der Waals surface area contributed by atoms with E-state index in [4.69, 9.17) is 11.6 Å². The van der Waals surface area contributed by atoms with Crippen LogP contribution in [0.4, 0.5) is 5.69 Å². The van der Waals surface area contributed by atoms with E-state index in [-0.39, 0.29) is 34.4 Å². The van der Waals surface area contributed by atoms with Crippen LogP contribution in [0.3, 0.4) is 0 Å². The number of benzene rings is 1. The van der Waals surface area contributed by atoms with E-state index in [1.165, 1.54) is 0 Å². The number of aliphatic hydroxyl groups is 1. The summed E-state index contributed by atoms with van der Waals surface area (Å²) in [4.78, 5) is 42.3. The largest absolute Gasteiger partial charge is 0.396 e. The van der Waals surface area contributed by atoms with Crippen LogP contribution in [-0.2, 0) is 14.4 Å². The van der Waals surface area contributed by atoms with Crippen LogP contribution in [-0.4, -0.2) is 68.3 Å². The Labute approximate surface area is 211 Å². The lowest BCUT2D eigenvalue weighted by atomic mass is 9.70. The summed E-state index contributed by atoms with van der Waals surface area (Å²) < 4.78 is -0.686. The molecule has 1 aromatic rings. The number of alkyl halides is 1. The van der Waals surface area contributed by atoms with Crippen LogP contribution < -0.4 is 10.6 Å². The van der Waals surface area contributed by atoms with Crippen LogP contribution in [0.5, 0.6) is 0 Å². The number of unbranched alkanes of at least 4 members (excludes halogenated alkanes) is 1. The van der Waals surface area contributed by atoms with Gasteiger partial charge in [-0.1, -0.05) is 46.6 Å². The Kier molecular flexibility index (Phi) is 7.63. The Hall–Kier alpha value is -1.29. The van der Waals surface area contributed by atoms with Gasteiger partial charge in [-0.05, 0) is 37.8 Å². The molecule has 7 nitrogen and oxygen atoms in total. The first-order valence-electron chi connectivity index (χ1n) is 11.4. The highest BCUT2D eigenvalue weighted by molar-refractivity contribution is 9.09. The number of hydrogen-bond acceptors (Lipinski definition) is 5. The third kappa shape index (κ3) is 4.30. The van der Waals surface area contributed by atoms with Crippen LogP contribution >= 0.6 is 39.3 Å². The summed E-state index contributed by atoms with van der Waals surface area (Å²) in [7, 11) is 0. The highest BCUT2D eigenvalue weighted by atomic mass is 79.9. The minimum Gasteiger partial charge on any atom is -0.396 e. The topological polar surface area (TPSA) is 98.7 Å². The maximum Gasteiger partial charge on any atom is 0.248 e. The van der Waals surface area contributed by atoms with Gasteiger partial charge >= 0.3 is 0 Å². The molecule has 3 aliphatic heterocycles. The zero-order valence-electron chi connectivity index (χ0n) is 18.4. The fraction of sp³-hybridized carbons (Fsp3) is 0.609. The van der Waals surface area contributed by atoms with Crippen molar-refractivity contribution in [3.63, 3.8) is 0 Å². The fourth-order valence-corrected chi connectivity index (χ4v) is 9.29. The maximum absolute atomic E-state index is 13.7. The molecule has 3 saturated heterocycles. The molecule has 0 aliphatic carbocycles. The number of para-hydroxylation sites is 1. The Morgan fingerprint density at radius 1 is 1.30 bits per heavy atom. The lowest BCUT2D eigenvalue weighted by molar-refractivity contribution is -0.139. The molecule has 3 N–H and O–H groups in total. The highest BCUT2D eigenvalue weighted by Gasteiger charge is 2.75. The third-order valence-electron chi connectivity index (χ3n) is 6.83. The van der Waals surface area contributed by atoms with E-state index >= 15 is 0 Å². The summed E-state index contributed by atoms with van der Waals surface area (Å²) >= 11 is 11.6. The molecule has 3 unspecified atom stereocenters. The van der Waals surface area contributed by atoms with Gasteiger partial charge < -0.3 is 20.6 Å². The quantitative estimate of drug-likeness (QED) is 0.320. The molecule has 10 heteroatoms. The summed E-state index contributed by atoms with van der Waals surface area (Å²) in [5.74, 6) is -1.56. The number of anilines is 1. The number of nitrogens with one attached hydrogen (secondary N) is 2. The van der Waals surface area contributed by atoms with Gasteiger partial charge in [0.2, 0.25) is 17.7 Å². The number of rotatable bonds is 9. The van der Waals surface area contributed by atoms with Crippen LogP contribution in [0.2, 0.25) is 5.02 Å². The second kappa shape index (κ2) is 10.1. The minimum absolute atomic E-state index is 0.0232. The molecular formula is C23H29BrClN3O4S. The summed E-state index contributed by atoms with van der Waals surface area (Å²) in [5.41, 5.74) is 0.497. The maximum atomic E-state index is 13.7. The van der Waals surface area contributed by atoms with Gasteiger partial charge in [0.1, 0.15) is 6.04 Å². The van der Waals surface area contributed by atoms with Crippen LogP contribution in [0.1, 0.15) is 32.6 Å². The van der Waals surface area contributed by atoms with Gasteiger partial charge in [0.25, 0.3) is 0 Å². The van der Waals surface area contributed by atoms with E-state index in [2.05, 4.69) is 26.6 Å². The van der Waals surface area contributed by atoms with Crippen molar-refractivity contribution in [1.29, 1.82) is 0 Å². The van der Waals surface area contributed by atoms with Gasteiger partial charge in [-0.25, -0.2) is 0 Å². The predicted molar refractivity (Wildman–Crippen MR) is 134 cm³/mol. The molecule has 3 heterocycles. The molecule has 1 spiro atoms. The molecular weight excluding hydrogens is 530 g/mol. The molecule has 0 radical (unpaired) electrons. The molecule has 3 fully saturated rings. The number of aliphatic hydroxyl groups excluding tert-OH is 1. The van der Waals surface area contributed by atoms with Crippen LogP contribution in [0.25, 0.3) is 0 Å². The normalized spacial score (nSPS) is 32.2. The molecule has 3 aliphatic rings. The van der Waals surface area contributed by atoms with Gasteiger partial charge in [-0.3, -0.25) is 14.4 Å². The van der Waals surface area contributed by atoms with Crippen molar-refractivity contribution in [2.24, 2.45) is 11.8 Å². The molecule has 0 aromatic heterocycles. The van der Waals surface area contributed by atoms with E-state index in [9.17, 15) is 19.5 Å². The first-order valence-corrected chi connectivity index (χ1v) is 13.6. The fourth-order valence-electron chi connectivity index (χ4n) is 5.49. The van der Waals surface area contributed by atoms with Gasteiger partial charge in [-0.15, -0.1) is 11.8 Å². The van der Waals surface area contributed by atoms with E-state index in [0.29, 0.717) is 43.1 Å². The number of nitrogens with zero attached hydrogens (tertiary/aromatic N) is 1. The van der Waals surface area contributed by atoms with Gasteiger partial charge in [0.05, 0.1) is 27.3 Å². The SMILES string of the molecule is CCCNC(=O)[C@H]1[C@H]2C(=O)N(CCCCO)C(C(=O)Nc3ccccc3Cl)C23CC(Br)[C@@H]1S3. The number of fused-ring (bicyclic) bond motifs is 1. The minimum atomic E-state index is -0.719.